The Morgan fingerprint density at radius 3 is 1.74 bits per heavy atom. The Morgan fingerprint density at radius 1 is 0.739 bits per heavy atom. The van der Waals surface area contributed by atoms with Crippen molar-refractivity contribution in [1.82, 2.24) is 0 Å². The van der Waals surface area contributed by atoms with E-state index < -0.39 is 61.0 Å². The van der Waals surface area contributed by atoms with E-state index in [4.69, 9.17) is 0 Å². The summed E-state index contributed by atoms with van der Waals surface area (Å²) in [7, 11) is 2.59. The molecule has 0 aromatic carbocycles. The molecule has 0 aliphatic heterocycles. The van der Waals surface area contributed by atoms with Crippen LogP contribution in [0.2, 0.25) is 0 Å². The van der Waals surface area contributed by atoms with E-state index in [1.54, 1.807) is 0 Å². The van der Waals surface area contributed by atoms with Gasteiger partial charge in [-0.2, -0.15) is 4.39 Å². The number of nitrogens with zero attached hydrogens (tertiary/aromatic N) is 1. The van der Waals surface area contributed by atoms with Crippen molar-refractivity contribution >= 4 is 0 Å². The summed E-state index contributed by atoms with van der Waals surface area (Å²) in [6.07, 6.45) is -11.0. The second-order valence-corrected chi connectivity index (χ2v) is 6.79. The van der Waals surface area contributed by atoms with Crippen molar-refractivity contribution in [3.05, 3.63) is 0 Å². The first-order valence-electron chi connectivity index (χ1n) is 8.20. The topological polar surface area (TPSA) is 0 Å². The van der Waals surface area contributed by atoms with Crippen LogP contribution >= 0.6 is 0 Å². The van der Waals surface area contributed by atoms with E-state index in [1.165, 1.54) is 14.1 Å². The van der Waals surface area contributed by atoms with Crippen molar-refractivity contribution in [2.75, 3.05) is 20.6 Å². The van der Waals surface area contributed by atoms with Gasteiger partial charge in [0, 0.05) is 0 Å². The van der Waals surface area contributed by atoms with Crippen LogP contribution in [0.3, 0.4) is 0 Å². The molecule has 0 aromatic rings. The first kappa shape index (κ1) is 22.5. The Kier molecular flexibility index (Phi) is 10.2. The number of hydrogen-bond acceptors (Lipinski definition) is 0. The summed E-state index contributed by atoms with van der Waals surface area (Å²) in [6, 6.07) is 0. The van der Waals surface area contributed by atoms with Crippen molar-refractivity contribution in [2.45, 2.75) is 83.1 Å². The number of alkyl halides is 6. The molecule has 0 rings (SSSR count). The van der Waals surface area contributed by atoms with Gasteiger partial charge in [-0.1, -0.05) is 19.8 Å². The zero-order valence-corrected chi connectivity index (χ0v) is 14.4. The van der Waals surface area contributed by atoms with Gasteiger partial charge in [-0.3, -0.25) is 4.48 Å². The Balaban J connectivity index is 4.45. The number of rotatable bonds is 12. The Bertz CT molecular complexity index is 313. The highest BCUT2D eigenvalue weighted by atomic mass is 19.2. The van der Waals surface area contributed by atoms with E-state index in [0.29, 0.717) is 6.42 Å². The molecule has 7 heteroatoms. The van der Waals surface area contributed by atoms with E-state index >= 15 is 0 Å². The van der Waals surface area contributed by atoms with Crippen molar-refractivity contribution < 1.29 is 30.8 Å². The molecule has 0 aromatic heterocycles. The highest BCUT2D eigenvalue weighted by Gasteiger charge is 2.39. The zero-order valence-electron chi connectivity index (χ0n) is 14.4. The molecular weight excluding hydrogens is 320 g/mol. The fourth-order valence-corrected chi connectivity index (χ4v) is 2.37. The van der Waals surface area contributed by atoms with Gasteiger partial charge in [-0.25, -0.2) is 22.0 Å². The van der Waals surface area contributed by atoms with Crippen molar-refractivity contribution in [3.8, 4) is 0 Å². The quantitative estimate of drug-likeness (QED) is 0.263. The molecule has 0 aliphatic carbocycles. The lowest BCUT2D eigenvalue weighted by Gasteiger charge is -2.36. The molecule has 1 nitrogen and oxygen atoms in total. The van der Waals surface area contributed by atoms with Gasteiger partial charge >= 0.3 is 0 Å². The minimum absolute atomic E-state index is 0.0350. The van der Waals surface area contributed by atoms with Crippen LogP contribution in [0.25, 0.3) is 0 Å². The molecular formula is C16H30F6N+. The van der Waals surface area contributed by atoms with Gasteiger partial charge in [-0.15, -0.1) is 0 Å². The molecule has 6 unspecified atom stereocenters. The SMILES string of the molecule is CCCCC(F)C(F)[N+](C)(C)CC(F)C(F)CCC(F)C(C)F. The Morgan fingerprint density at radius 2 is 1.26 bits per heavy atom. The van der Waals surface area contributed by atoms with E-state index in [2.05, 4.69) is 0 Å². The Labute approximate surface area is 135 Å². The fraction of sp³-hybridized carbons (Fsp3) is 1.00. The zero-order chi connectivity index (χ0) is 18.2. The van der Waals surface area contributed by atoms with Gasteiger partial charge in [-0.05, 0) is 26.2 Å². The van der Waals surface area contributed by atoms with Crippen LogP contribution in [0, 0.1) is 0 Å². The highest BCUT2D eigenvalue weighted by molar-refractivity contribution is 4.73. The molecule has 0 aliphatic rings. The van der Waals surface area contributed by atoms with Gasteiger partial charge in [0.2, 0.25) is 0 Å². The van der Waals surface area contributed by atoms with E-state index in [9.17, 15) is 26.3 Å². The number of unbranched alkanes of at least 4 members (excludes halogenated alkanes) is 1. The first-order chi connectivity index (χ1) is 10.5. The van der Waals surface area contributed by atoms with Gasteiger partial charge in [0.1, 0.15) is 25.1 Å². The maximum Gasteiger partial charge on any atom is 0.262 e. The molecule has 23 heavy (non-hydrogen) atoms. The molecule has 140 valence electrons. The van der Waals surface area contributed by atoms with Crippen molar-refractivity contribution in [2.24, 2.45) is 0 Å². The van der Waals surface area contributed by atoms with Gasteiger partial charge in [0.15, 0.2) is 12.3 Å². The smallest absolute Gasteiger partial charge is 0.262 e. The number of halogens is 6. The molecule has 0 heterocycles. The molecule has 6 atom stereocenters. The third kappa shape index (κ3) is 8.27. The normalized spacial score (nSPS) is 20.6. The average molecular weight is 350 g/mol. The second-order valence-electron chi connectivity index (χ2n) is 6.79. The molecule has 0 saturated carbocycles. The van der Waals surface area contributed by atoms with E-state index in [-0.39, 0.29) is 6.42 Å². The standard InChI is InChI=1S/C16H30F6N/c1-5-6-7-14(20)16(22)23(3,4)10-15(21)13(19)9-8-12(18)11(2)17/h11-16H,5-10H2,1-4H3/q+1. The monoisotopic (exact) mass is 350 g/mol. The Hall–Kier alpha value is -0.460. The first-order valence-corrected chi connectivity index (χ1v) is 8.20. The van der Waals surface area contributed by atoms with E-state index in [1.807, 2.05) is 6.92 Å². The largest absolute Gasteiger partial charge is 0.295 e. The van der Waals surface area contributed by atoms with Crippen LogP contribution in [-0.2, 0) is 0 Å². The van der Waals surface area contributed by atoms with Crippen LogP contribution < -0.4 is 0 Å². The van der Waals surface area contributed by atoms with Crippen LogP contribution in [0.15, 0.2) is 0 Å². The minimum Gasteiger partial charge on any atom is -0.295 e. The third-order valence-corrected chi connectivity index (χ3v) is 4.05. The van der Waals surface area contributed by atoms with Crippen LogP contribution in [0.5, 0.6) is 0 Å². The van der Waals surface area contributed by atoms with Crippen LogP contribution in [0.1, 0.15) is 46.0 Å². The lowest BCUT2D eigenvalue weighted by molar-refractivity contribution is -0.935. The van der Waals surface area contributed by atoms with Gasteiger partial charge < -0.3 is 0 Å². The van der Waals surface area contributed by atoms with E-state index in [0.717, 1.165) is 13.3 Å². The fourth-order valence-electron chi connectivity index (χ4n) is 2.37. The summed E-state index contributed by atoms with van der Waals surface area (Å²) >= 11 is 0. The lowest BCUT2D eigenvalue weighted by atomic mass is 10.0. The summed E-state index contributed by atoms with van der Waals surface area (Å²) < 4.78 is 80.6. The van der Waals surface area contributed by atoms with Crippen LogP contribution in [-0.4, -0.2) is 62.3 Å². The summed E-state index contributed by atoms with van der Waals surface area (Å²) in [5, 5.41) is 0. The molecule has 0 radical (unpaired) electrons. The number of hydrogen-bond donors (Lipinski definition) is 0. The van der Waals surface area contributed by atoms with Gasteiger partial charge in [0.25, 0.3) is 6.30 Å². The summed E-state index contributed by atoms with van der Waals surface area (Å²) in [5.74, 6) is 0. The summed E-state index contributed by atoms with van der Waals surface area (Å²) in [5.41, 5.74) is 0. The van der Waals surface area contributed by atoms with Gasteiger partial charge in [0.05, 0.1) is 14.1 Å². The lowest BCUT2D eigenvalue weighted by Crippen LogP contribution is -2.55. The molecule has 0 bridgehead atoms. The van der Waals surface area contributed by atoms with Crippen LogP contribution in [0.4, 0.5) is 26.3 Å². The summed E-state index contributed by atoms with van der Waals surface area (Å²) in [6.45, 7) is 2.30. The predicted molar refractivity (Wildman–Crippen MR) is 80.8 cm³/mol. The maximum atomic E-state index is 14.1. The minimum atomic E-state index is -2.05. The van der Waals surface area contributed by atoms with Crippen molar-refractivity contribution in [1.29, 1.82) is 0 Å². The molecule has 0 spiro atoms. The summed E-state index contributed by atoms with van der Waals surface area (Å²) in [4.78, 5) is 0. The maximum absolute atomic E-state index is 14.1. The third-order valence-electron chi connectivity index (χ3n) is 4.05. The molecule has 0 N–H and O–H groups in total. The molecule has 0 amide bonds. The number of quaternary nitrogens is 1. The highest BCUT2D eigenvalue weighted by Crippen LogP contribution is 2.24. The average Bonchev–Trinajstić information content (AvgIpc) is 2.48. The second kappa shape index (κ2) is 10.4. The predicted octanol–water partition coefficient (Wildman–Crippen LogP) is 5.04. The van der Waals surface area contributed by atoms with Crippen molar-refractivity contribution in [3.63, 3.8) is 0 Å². The molecule has 0 fully saturated rings. The molecule has 0 saturated heterocycles.